The Morgan fingerprint density at radius 3 is 2.67 bits per heavy atom. The van der Waals surface area contributed by atoms with Crippen LogP contribution >= 0.6 is 15.9 Å². The minimum Gasteiger partial charge on any atom is -0.370 e. The first kappa shape index (κ1) is 14.7. The lowest BCUT2D eigenvalue weighted by molar-refractivity contribution is -0.123. The van der Waals surface area contributed by atoms with Gasteiger partial charge in [0.25, 0.3) is 0 Å². The molecule has 0 saturated heterocycles. The van der Waals surface area contributed by atoms with Crippen LogP contribution in [0, 0.1) is 0 Å². The summed E-state index contributed by atoms with van der Waals surface area (Å²) in [6, 6.07) is 4.62. The van der Waals surface area contributed by atoms with Crippen molar-refractivity contribution in [3.05, 3.63) is 28.2 Å². The van der Waals surface area contributed by atoms with Gasteiger partial charge in [0.2, 0.25) is 11.8 Å². The van der Waals surface area contributed by atoms with Crippen LogP contribution in [0.4, 0.5) is 5.69 Å². The minimum absolute atomic E-state index is 0.163. The molecular formula is C12H16BrN3O2. The van der Waals surface area contributed by atoms with Gasteiger partial charge < -0.3 is 16.8 Å². The highest BCUT2D eigenvalue weighted by Crippen LogP contribution is 2.21. The van der Waals surface area contributed by atoms with E-state index in [2.05, 4.69) is 21.2 Å². The van der Waals surface area contributed by atoms with Gasteiger partial charge in [0, 0.05) is 10.2 Å². The molecule has 0 aliphatic rings. The summed E-state index contributed by atoms with van der Waals surface area (Å²) in [5, 5.41) is 2.70. The second kappa shape index (κ2) is 6.51. The molecule has 1 rings (SSSR count). The van der Waals surface area contributed by atoms with Crippen LogP contribution in [0.25, 0.3) is 0 Å². The largest absolute Gasteiger partial charge is 0.370 e. The number of primary amides is 1. The van der Waals surface area contributed by atoms with E-state index in [4.69, 9.17) is 11.5 Å². The molecule has 6 heteroatoms. The quantitative estimate of drug-likeness (QED) is 0.760. The van der Waals surface area contributed by atoms with Crippen LogP contribution in [-0.2, 0) is 16.0 Å². The van der Waals surface area contributed by atoms with Crippen molar-refractivity contribution in [2.75, 3.05) is 5.32 Å². The fourth-order valence-electron chi connectivity index (χ4n) is 1.51. The Hall–Kier alpha value is -1.40. The first-order chi connectivity index (χ1) is 8.43. The molecule has 0 saturated carbocycles. The van der Waals surface area contributed by atoms with E-state index in [0.29, 0.717) is 5.69 Å². The highest BCUT2D eigenvalue weighted by atomic mass is 79.9. The van der Waals surface area contributed by atoms with Crippen LogP contribution < -0.4 is 16.8 Å². The number of hydrogen-bond donors (Lipinski definition) is 3. The van der Waals surface area contributed by atoms with E-state index in [9.17, 15) is 9.59 Å². The number of nitrogens with two attached hydrogens (primary N) is 2. The number of carbonyl (C=O) groups is 2. The summed E-state index contributed by atoms with van der Waals surface area (Å²) in [5.41, 5.74) is 12.3. The summed E-state index contributed by atoms with van der Waals surface area (Å²) in [6.07, 6.45) is 0.615. The van der Waals surface area contributed by atoms with Gasteiger partial charge >= 0.3 is 0 Å². The Morgan fingerprint density at radius 2 is 2.11 bits per heavy atom. The lowest BCUT2D eigenvalue weighted by atomic mass is 10.1. The number of benzene rings is 1. The van der Waals surface area contributed by atoms with Crippen LogP contribution in [0.5, 0.6) is 0 Å². The van der Waals surface area contributed by atoms with E-state index >= 15 is 0 Å². The van der Waals surface area contributed by atoms with Crippen molar-refractivity contribution in [3.63, 3.8) is 0 Å². The Kier molecular flexibility index (Phi) is 5.30. The molecule has 0 fully saturated rings. The van der Waals surface area contributed by atoms with Crippen molar-refractivity contribution in [2.45, 2.75) is 25.8 Å². The summed E-state index contributed by atoms with van der Waals surface area (Å²) >= 11 is 3.37. The van der Waals surface area contributed by atoms with E-state index in [1.54, 1.807) is 6.07 Å². The molecule has 2 amide bonds. The Balaban J connectivity index is 2.78. The maximum Gasteiger partial charge on any atom is 0.241 e. The molecule has 0 aromatic heterocycles. The summed E-state index contributed by atoms with van der Waals surface area (Å²) in [4.78, 5) is 22.4. The van der Waals surface area contributed by atoms with Crippen molar-refractivity contribution < 1.29 is 9.59 Å². The molecular weight excluding hydrogens is 298 g/mol. The average Bonchev–Trinajstić information content (AvgIpc) is 2.30. The summed E-state index contributed by atoms with van der Waals surface area (Å²) in [6.45, 7) is 1.99. The zero-order valence-corrected chi connectivity index (χ0v) is 11.7. The summed E-state index contributed by atoms with van der Waals surface area (Å²) in [7, 11) is 0. The van der Waals surface area contributed by atoms with Crippen molar-refractivity contribution >= 4 is 33.4 Å². The van der Waals surface area contributed by atoms with Gasteiger partial charge in [-0.2, -0.15) is 0 Å². The molecule has 1 aromatic rings. The number of halogens is 1. The predicted molar refractivity (Wildman–Crippen MR) is 73.9 cm³/mol. The van der Waals surface area contributed by atoms with Gasteiger partial charge in [-0.05, 0) is 30.2 Å². The highest BCUT2D eigenvalue weighted by molar-refractivity contribution is 9.10. The molecule has 1 atom stereocenters. The third kappa shape index (κ3) is 4.12. The third-order valence-corrected chi connectivity index (χ3v) is 2.96. The molecule has 98 valence electrons. The van der Waals surface area contributed by atoms with Gasteiger partial charge in [0.1, 0.15) is 0 Å². The number of carbonyl (C=O) groups excluding carboxylic acids is 2. The topological polar surface area (TPSA) is 98.2 Å². The number of rotatable bonds is 5. The maximum absolute atomic E-state index is 11.7. The molecule has 0 radical (unpaired) electrons. The molecule has 0 aliphatic heterocycles. The second-order valence-corrected chi connectivity index (χ2v) is 4.84. The molecule has 0 heterocycles. The van der Waals surface area contributed by atoms with Crippen molar-refractivity contribution in [1.82, 2.24) is 0 Å². The zero-order valence-electron chi connectivity index (χ0n) is 10.1. The molecule has 1 unspecified atom stereocenters. The van der Waals surface area contributed by atoms with Crippen LogP contribution in [0.15, 0.2) is 22.7 Å². The second-order valence-electron chi connectivity index (χ2n) is 3.92. The van der Waals surface area contributed by atoms with Gasteiger partial charge in [-0.1, -0.05) is 22.9 Å². The first-order valence-electron chi connectivity index (χ1n) is 5.57. The van der Waals surface area contributed by atoms with Crippen molar-refractivity contribution in [3.8, 4) is 0 Å². The number of hydrogen-bond acceptors (Lipinski definition) is 3. The number of nitrogens with one attached hydrogen (secondary N) is 1. The van der Waals surface area contributed by atoms with Gasteiger partial charge in [-0.15, -0.1) is 0 Å². The Bertz CT molecular complexity index is 463. The van der Waals surface area contributed by atoms with Crippen LogP contribution in [0.1, 0.15) is 18.9 Å². The molecule has 0 spiro atoms. The van der Waals surface area contributed by atoms with Gasteiger partial charge in [0.15, 0.2) is 0 Å². The van der Waals surface area contributed by atoms with Gasteiger partial charge in [0.05, 0.1) is 12.5 Å². The molecule has 5 nitrogen and oxygen atoms in total. The average molecular weight is 314 g/mol. The van der Waals surface area contributed by atoms with Gasteiger partial charge in [-0.25, -0.2) is 0 Å². The normalized spacial score (nSPS) is 11.9. The molecule has 0 aliphatic carbocycles. The lowest BCUT2D eigenvalue weighted by Gasteiger charge is -2.13. The number of amides is 2. The fourth-order valence-corrected chi connectivity index (χ4v) is 1.92. The number of anilines is 1. The molecule has 5 N–H and O–H groups in total. The van der Waals surface area contributed by atoms with E-state index in [1.807, 2.05) is 19.1 Å². The van der Waals surface area contributed by atoms with Crippen LogP contribution in [-0.4, -0.2) is 17.9 Å². The Labute approximate surface area is 114 Å². The van der Waals surface area contributed by atoms with E-state index < -0.39 is 17.9 Å². The molecule has 18 heavy (non-hydrogen) atoms. The number of aryl methyl sites for hydroxylation is 1. The van der Waals surface area contributed by atoms with Crippen molar-refractivity contribution in [2.24, 2.45) is 11.5 Å². The zero-order chi connectivity index (χ0) is 13.7. The molecule has 1 aromatic carbocycles. The smallest absolute Gasteiger partial charge is 0.241 e. The third-order valence-electron chi connectivity index (χ3n) is 2.46. The van der Waals surface area contributed by atoms with E-state index in [0.717, 1.165) is 16.5 Å². The first-order valence-corrected chi connectivity index (χ1v) is 6.36. The van der Waals surface area contributed by atoms with E-state index in [1.165, 1.54) is 0 Å². The van der Waals surface area contributed by atoms with E-state index in [-0.39, 0.29) is 6.42 Å². The lowest BCUT2D eigenvalue weighted by Crippen LogP contribution is -2.39. The monoisotopic (exact) mass is 313 g/mol. The SMILES string of the molecule is CCc1cc(Br)ccc1NC(=O)C(N)CC(N)=O. The summed E-state index contributed by atoms with van der Waals surface area (Å²) in [5.74, 6) is -1.00. The summed E-state index contributed by atoms with van der Waals surface area (Å²) < 4.78 is 0.943. The minimum atomic E-state index is -0.921. The van der Waals surface area contributed by atoms with Gasteiger partial charge in [-0.3, -0.25) is 9.59 Å². The van der Waals surface area contributed by atoms with Crippen LogP contribution in [0.2, 0.25) is 0 Å². The maximum atomic E-state index is 11.7. The highest BCUT2D eigenvalue weighted by Gasteiger charge is 2.16. The molecule has 0 bridgehead atoms. The Morgan fingerprint density at radius 1 is 1.44 bits per heavy atom. The fraction of sp³-hybridized carbons (Fsp3) is 0.333. The van der Waals surface area contributed by atoms with Crippen molar-refractivity contribution in [1.29, 1.82) is 0 Å². The standard InChI is InChI=1S/C12H16BrN3O2/c1-2-7-5-8(13)3-4-10(7)16-12(18)9(14)6-11(15)17/h3-5,9H,2,6,14H2,1H3,(H2,15,17)(H,16,18). The predicted octanol–water partition coefficient (Wildman–Crippen LogP) is 1.15. The van der Waals surface area contributed by atoms with Crippen LogP contribution in [0.3, 0.4) is 0 Å².